The van der Waals surface area contributed by atoms with Gasteiger partial charge < -0.3 is 4.48 Å². The summed E-state index contributed by atoms with van der Waals surface area (Å²) in [4.78, 5) is 0. The van der Waals surface area contributed by atoms with Gasteiger partial charge in [0.05, 0.1) is 26.7 Å². The first-order valence-corrected chi connectivity index (χ1v) is 6.20. The SMILES string of the molecule is CC[N+]1(C)CCCCC1.O=S(=O)(O)O. The predicted molar refractivity (Wildman–Crippen MR) is 54.5 cm³/mol. The van der Waals surface area contributed by atoms with E-state index >= 15 is 0 Å². The van der Waals surface area contributed by atoms with E-state index < -0.39 is 10.4 Å². The third-order valence-electron chi connectivity index (χ3n) is 2.66. The second-order valence-corrected chi connectivity index (χ2v) is 4.79. The second-order valence-electron chi connectivity index (χ2n) is 3.89. The van der Waals surface area contributed by atoms with E-state index in [-0.39, 0.29) is 0 Å². The lowest BCUT2D eigenvalue weighted by molar-refractivity contribution is -0.912. The van der Waals surface area contributed by atoms with Crippen LogP contribution < -0.4 is 0 Å². The van der Waals surface area contributed by atoms with Gasteiger partial charge in [-0.3, -0.25) is 9.11 Å². The molecule has 0 aliphatic carbocycles. The van der Waals surface area contributed by atoms with Crippen LogP contribution in [0.4, 0.5) is 0 Å². The van der Waals surface area contributed by atoms with Crippen LogP contribution in [0.3, 0.4) is 0 Å². The van der Waals surface area contributed by atoms with E-state index in [0.717, 1.165) is 0 Å². The zero-order chi connectivity index (χ0) is 11.2. The molecule has 5 nitrogen and oxygen atoms in total. The summed E-state index contributed by atoms with van der Waals surface area (Å²) in [5.41, 5.74) is 0. The average Bonchev–Trinajstić information content (AvgIpc) is 2.03. The van der Waals surface area contributed by atoms with Gasteiger partial charge in [-0.2, -0.15) is 8.42 Å². The maximum Gasteiger partial charge on any atom is 0.394 e. The molecule has 0 amide bonds. The summed E-state index contributed by atoms with van der Waals surface area (Å²) in [6.45, 7) is 6.44. The molecule has 1 rings (SSSR count). The third kappa shape index (κ3) is 8.43. The van der Waals surface area contributed by atoms with Crippen molar-refractivity contribution in [3.63, 3.8) is 0 Å². The van der Waals surface area contributed by atoms with Crippen molar-refractivity contribution in [1.29, 1.82) is 0 Å². The molecule has 1 aliphatic heterocycles. The summed E-state index contributed by atoms with van der Waals surface area (Å²) < 4.78 is 32.9. The third-order valence-corrected chi connectivity index (χ3v) is 2.66. The number of hydrogen-bond donors (Lipinski definition) is 2. The molecular weight excluding hydrogens is 206 g/mol. The Bertz CT molecular complexity index is 236. The smallest absolute Gasteiger partial charge is 0.326 e. The van der Waals surface area contributed by atoms with Gasteiger partial charge in [0.1, 0.15) is 0 Å². The predicted octanol–water partition coefficient (Wildman–Crippen LogP) is 0.984. The van der Waals surface area contributed by atoms with Gasteiger partial charge >= 0.3 is 10.4 Å². The van der Waals surface area contributed by atoms with Crippen molar-refractivity contribution >= 4 is 10.4 Å². The molecule has 0 aromatic carbocycles. The number of nitrogens with zero attached hydrogens (tertiary/aromatic N) is 1. The molecule has 6 heteroatoms. The van der Waals surface area contributed by atoms with Crippen molar-refractivity contribution in [3.05, 3.63) is 0 Å². The van der Waals surface area contributed by atoms with E-state index in [0.29, 0.717) is 0 Å². The molecule has 1 heterocycles. The van der Waals surface area contributed by atoms with E-state index in [1.807, 2.05) is 0 Å². The van der Waals surface area contributed by atoms with Crippen LogP contribution in [0, 0.1) is 0 Å². The fourth-order valence-corrected chi connectivity index (χ4v) is 1.59. The van der Waals surface area contributed by atoms with Crippen molar-refractivity contribution in [1.82, 2.24) is 0 Å². The van der Waals surface area contributed by atoms with Gasteiger partial charge in [0.15, 0.2) is 0 Å². The Kier molecular flexibility index (Phi) is 5.58. The molecule has 14 heavy (non-hydrogen) atoms. The number of quaternary nitrogens is 1. The van der Waals surface area contributed by atoms with Crippen LogP contribution in [-0.2, 0) is 10.4 Å². The molecule has 0 spiro atoms. The van der Waals surface area contributed by atoms with Crippen LogP contribution in [0.1, 0.15) is 26.2 Å². The standard InChI is InChI=1S/C8H18N.H2O4S/c1-3-9(2)7-5-4-6-8-9;1-5(2,3)4/h3-8H2,1-2H3;(H2,1,2,3,4)/q+1;. The molecular formula is C8H20NO4S+. The highest BCUT2D eigenvalue weighted by Gasteiger charge is 2.21. The molecule has 0 saturated carbocycles. The van der Waals surface area contributed by atoms with Crippen molar-refractivity contribution < 1.29 is 22.0 Å². The maximum atomic E-state index is 8.74. The van der Waals surface area contributed by atoms with Gasteiger partial charge in [-0.05, 0) is 26.2 Å². The Balaban J connectivity index is 0.000000292. The van der Waals surface area contributed by atoms with Gasteiger partial charge in [-0.25, -0.2) is 0 Å². The minimum absolute atomic E-state index is 1.32. The second kappa shape index (κ2) is 5.65. The Morgan fingerprint density at radius 2 is 1.50 bits per heavy atom. The minimum Gasteiger partial charge on any atom is -0.326 e. The lowest BCUT2D eigenvalue weighted by Crippen LogP contribution is -2.47. The Hall–Kier alpha value is -0.170. The van der Waals surface area contributed by atoms with Gasteiger partial charge in [0, 0.05) is 0 Å². The normalized spacial score (nSPS) is 20.9. The van der Waals surface area contributed by atoms with Crippen LogP contribution in [0.25, 0.3) is 0 Å². The van der Waals surface area contributed by atoms with Crippen LogP contribution in [0.5, 0.6) is 0 Å². The van der Waals surface area contributed by atoms with E-state index in [9.17, 15) is 0 Å². The number of hydrogen-bond acceptors (Lipinski definition) is 2. The molecule has 0 aromatic heterocycles. The van der Waals surface area contributed by atoms with Crippen molar-refractivity contribution in [2.24, 2.45) is 0 Å². The molecule has 0 atom stereocenters. The topological polar surface area (TPSA) is 74.6 Å². The molecule has 0 bridgehead atoms. The molecule has 2 N–H and O–H groups in total. The summed E-state index contributed by atoms with van der Waals surface area (Å²) in [6, 6.07) is 0. The zero-order valence-electron chi connectivity index (χ0n) is 8.81. The lowest BCUT2D eigenvalue weighted by atomic mass is 10.1. The first-order chi connectivity index (χ1) is 6.27. The summed E-state index contributed by atoms with van der Waals surface area (Å²) in [7, 11) is -2.29. The fourth-order valence-electron chi connectivity index (χ4n) is 1.59. The van der Waals surface area contributed by atoms with Crippen LogP contribution >= 0.6 is 0 Å². The molecule has 86 valence electrons. The number of rotatable bonds is 1. The summed E-state index contributed by atoms with van der Waals surface area (Å²) in [5.74, 6) is 0. The molecule has 1 saturated heterocycles. The zero-order valence-corrected chi connectivity index (χ0v) is 9.63. The van der Waals surface area contributed by atoms with Crippen LogP contribution in [0.2, 0.25) is 0 Å². The van der Waals surface area contributed by atoms with E-state index in [4.69, 9.17) is 17.5 Å². The molecule has 0 radical (unpaired) electrons. The fraction of sp³-hybridized carbons (Fsp3) is 1.00. The van der Waals surface area contributed by atoms with Crippen molar-refractivity contribution in [2.75, 3.05) is 26.7 Å². The summed E-state index contributed by atoms with van der Waals surface area (Å²) in [5, 5.41) is 0. The lowest BCUT2D eigenvalue weighted by Gasteiger charge is -2.36. The molecule has 0 unspecified atom stereocenters. The van der Waals surface area contributed by atoms with Gasteiger partial charge in [0.2, 0.25) is 0 Å². The van der Waals surface area contributed by atoms with Crippen molar-refractivity contribution in [3.8, 4) is 0 Å². The Labute approximate surface area is 85.9 Å². The van der Waals surface area contributed by atoms with E-state index in [1.54, 1.807) is 0 Å². The average molecular weight is 226 g/mol. The van der Waals surface area contributed by atoms with Gasteiger partial charge in [-0.15, -0.1) is 0 Å². The first-order valence-electron chi connectivity index (χ1n) is 4.80. The highest BCUT2D eigenvalue weighted by Crippen LogP contribution is 2.14. The molecule has 0 aromatic rings. The van der Waals surface area contributed by atoms with Crippen LogP contribution in [-0.4, -0.2) is 48.7 Å². The largest absolute Gasteiger partial charge is 0.394 e. The van der Waals surface area contributed by atoms with Crippen molar-refractivity contribution in [2.45, 2.75) is 26.2 Å². The Morgan fingerprint density at radius 3 is 1.71 bits per heavy atom. The maximum absolute atomic E-state index is 8.74. The van der Waals surface area contributed by atoms with E-state index in [1.165, 1.54) is 43.4 Å². The minimum atomic E-state index is -4.67. The summed E-state index contributed by atoms with van der Waals surface area (Å²) >= 11 is 0. The highest BCUT2D eigenvalue weighted by molar-refractivity contribution is 7.79. The van der Waals surface area contributed by atoms with Gasteiger partial charge in [-0.1, -0.05) is 0 Å². The summed E-state index contributed by atoms with van der Waals surface area (Å²) in [6.07, 6.45) is 4.36. The van der Waals surface area contributed by atoms with Gasteiger partial charge in [0.25, 0.3) is 0 Å². The van der Waals surface area contributed by atoms with Crippen LogP contribution in [0.15, 0.2) is 0 Å². The van der Waals surface area contributed by atoms with E-state index in [2.05, 4.69) is 14.0 Å². The molecule has 1 aliphatic rings. The Morgan fingerprint density at radius 1 is 1.14 bits per heavy atom. The number of likely N-dealkylation sites (tertiary alicyclic amines) is 1. The quantitative estimate of drug-likeness (QED) is 0.516. The molecule has 1 fully saturated rings. The monoisotopic (exact) mass is 226 g/mol. The number of piperidine rings is 1. The first kappa shape index (κ1) is 13.8. The highest BCUT2D eigenvalue weighted by atomic mass is 32.3.